The quantitative estimate of drug-likeness (QED) is 0.484. The fourth-order valence-electron chi connectivity index (χ4n) is 2.63. The van der Waals surface area contributed by atoms with E-state index in [-0.39, 0.29) is 0 Å². The molecule has 0 fully saturated rings. The van der Waals surface area contributed by atoms with E-state index in [9.17, 15) is 0 Å². The van der Waals surface area contributed by atoms with E-state index in [1.54, 1.807) is 11.3 Å². The molecular weight excluding hydrogens is 260 g/mol. The molecule has 0 saturated heterocycles. The molecule has 1 heteroatoms. The van der Waals surface area contributed by atoms with Crippen molar-refractivity contribution in [1.82, 2.24) is 0 Å². The lowest BCUT2D eigenvalue weighted by atomic mass is 9.87. The van der Waals surface area contributed by atoms with Gasteiger partial charge in [0, 0.05) is 4.88 Å². The summed E-state index contributed by atoms with van der Waals surface area (Å²) in [6.45, 7) is 6.57. The lowest BCUT2D eigenvalue weighted by molar-refractivity contribution is 0.575. The fraction of sp³-hybridized carbons (Fsp3) is 0.368. The van der Waals surface area contributed by atoms with Gasteiger partial charge in [-0.05, 0) is 41.3 Å². The summed E-state index contributed by atoms with van der Waals surface area (Å²) in [6.07, 6.45) is 6.27. The molecule has 0 saturated carbocycles. The Bertz CT molecular complexity index is 496. The average Bonchev–Trinajstić information content (AvgIpc) is 3.01. The molecule has 0 N–H and O–H groups in total. The SMILES string of the molecule is C=C(CC(CCCCC)c1ccccc1)c1cccs1. The van der Waals surface area contributed by atoms with Crippen LogP contribution in [0.5, 0.6) is 0 Å². The molecule has 0 radical (unpaired) electrons. The molecule has 0 spiro atoms. The Labute approximate surface area is 127 Å². The predicted octanol–water partition coefficient (Wildman–Crippen LogP) is 6.52. The number of unbranched alkanes of at least 4 members (excludes halogenated alkanes) is 2. The van der Waals surface area contributed by atoms with E-state index in [2.05, 4.69) is 61.3 Å². The molecule has 106 valence electrons. The summed E-state index contributed by atoms with van der Waals surface area (Å²) in [5.41, 5.74) is 2.74. The highest BCUT2D eigenvalue weighted by atomic mass is 32.1. The van der Waals surface area contributed by atoms with Gasteiger partial charge in [0.2, 0.25) is 0 Å². The molecule has 0 aliphatic heterocycles. The van der Waals surface area contributed by atoms with E-state index in [1.165, 1.54) is 41.7 Å². The first-order valence-electron chi connectivity index (χ1n) is 7.58. The van der Waals surface area contributed by atoms with Crippen LogP contribution in [0, 0.1) is 0 Å². The van der Waals surface area contributed by atoms with Crippen molar-refractivity contribution in [3.8, 4) is 0 Å². The molecular formula is C19H24S. The van der Waals surface area contributed by atoms with Gasteiger partial charge in [0.1, 0.15) is 0 Å². The monoisotopic (exact) mass is 284 g/mol. The number of rotatable bonds is 8. The third kappa shape index (κ3) is 4.35. The molecule has 0 amide bonds. The summed E-state index contributed by atoms with van der Waals surface area (Å²) < 4.78 is 0. The Kier molecular flexibility index (Phi) is 6.07. The van der Waals surface area contributed by atoms with Crippen molar-refractivity contribution >= 4 is 16.9 Å². The second kappa shape index (κ2) is 8.06. The van der Waals surface area contributed by atoms with Gasteiger partial charge in [-0.3, -0.25) is 0 Å². The van der Waals surface area contributed by atoms with Crippen LogP contribution in [-0.4, -0.2) is 0 Å². The van der Waals surface area contributed by atoms with Crippen molar-refractivity contribution < 1.29 is 0 Å². The van der Waals surface area contributed by atoms with Gasteiger partial charge in [-0.15, -0.1) is 11.3 Å². The van der Waals surface area contributed by atoms with Crippen LogP contribution >= 0.6 is 11.3 Å². The summed E-state index contributed by atoms with van der Waals surface area (Å²) >= 11 is 1.80. The van der Waals surface area contributed by atoms with Crippen LogP contribution in [0.3, 0.4) is 0 Å². The van der Waals surface area contributed by atoms with Crippen molar-refractivity contribution in [3.05, 3.63) is 64.9 Å². The first kappa shape index (κ1) is 15.1. The second-order valence-electron chi connectivity index (χ2n) is 5.39. The van der Waals surface area contributed by atoms with Crippen LogP contribution in [0.2, 0.25) is 0 Å². The molecule has 0 aliphatic rings. The van der Waals surface area contributed by atoms with E-state index in [1.807, 2.05) is 0 Å². The number of allylic oxidation sites excluding steroid dienone is 1. The molecule has 20 heavy (non-hydrogen) atoms. The Balaban J connectivity index is 2.04. The lowest BCUT2D eigenvalue weighted by Gasteiger charge is -2.18. The van der Waals surface area contributed by atoms with E-state index in [0.717, 1.165) is 6.42 Å². The topological polar surface area (TPSA) is 0 Å². The second-order valence-corrected chi connectivity index (χ2v) is 6.34. The average molecular weight is 284 g/mol. The predicted molar refractivity (Wildman–Crippen MR) is 91.3 cm³/mol. The minimum absolute atomic E-state index is 0.609. The smallest absolute Gasteiger partial charge is 0.0296 e. The molecule has 2 rings (SSSR count). The molecule has 2 aromatic rings. The number of hydrogen-bond acceptors (Lipinski definition) is 1. The minimum atomic E-state index is 0.609. The molecule has 0 nitrogen and oxygen atoms in total. The third-order valence-corrected chi connectivity index (χ3v) is 4.76. The van der Waals surface area contributed by atoms with E-state index in [4.69, 9.17) is 0 Å². The van der Waals surface area contributed by atoms with Crippen molar-refractivity contribution in [2.75, 3.05) is 0 Å². The highest BCUT2D eigenvalue weighted by Gasteiger charge is 2.13. The zero-order chi connectivity index (χ0) is 14.2. The van der Waals surface area contributed by atoms with Crippen molar-refractivity contribution in [2.45, 2.75) is 44.9 Å². The van der Waals surface area contributed by atoms with Gasteiger partial charge in [0.25, 0.3) is 0 Å². The molecule has 1 aromatic carbocycles. The van der Waals surface area contributed by atoms with Crippen LogP contribution in [0.15, 0.2) is 54.4 Å². The van der Waals surface area contributed by atoms with Gasteiger partial charge < -0.3 is 0 Å². The van der Waals surface area contributed by atoms with Crippen LogP contribution in [0.4, 0.5) is 0 Å². The summed E-state index contributed by atoms with van der Waals surface area (Å²) in [6, 6.07) is 15.2. The first-order valence-corrected chi connectivity index (χ1v) is 8.45. The third-order valence-electron chi connectivity index (χ3n) is 3.79. The maximum absolute atomic E-state index is 4.30. The minimum Gasteiger partial charge on any atom is -0.144 e. The summed E-state index contributed by atoms with van der Waals surface area (Å²) in [5, 5.41) is 2.13. The number of hydrogen-bond donors (Lipinski definition) is 0. The molecule has 1 heterocycles. The molecule has 0 aliphatic carbocycles. The van der Waals surface area contributed by atoms with E-state index < -0.39 is 0 Å². The zero-order valence-corrected chi connectivity index (χ0v) is 13.2. The number of thiophene rings is 1. The first-order chi connectivity index (χ1) is 9.81. The standard InChI is InChI=1S/C19H24S/c1-3-4-6-12-18(17-10-7-5-8-11-17)15-16(2)19-13-9-14-20-19/h5,7-11,13-14,18H,2-4,6,12,15H2,1H3. The van der Waals surface area contributed by atoms with Gasteiger partial charge in [-0.2, -0.15) is 0 Å². The van der Waals surface area contributed by atoms with Crippen LogP contribution in [0.25, 0.3) is 5.57 Å². The highest BCUT2D eigenvalue weighted by Crippen LogP contribution is 2.33. The highest BCUT2D eigenvalue weighted by molar-refractivity contribution is 7.11. The Morgan fingerprint density at radius 1 is 1.10 bits per heavy atom. The zero-order valence-electron chi connectivity index (χ0n) is 12.3. The fourth-order valence-corrected chi connectivity index (χ4v) is 3.34. The summed E-state index contributed by atoms with van der Waals surface area (Å²) in [7, 11) is 0. The van der Waals surface area contributed by atoms with Crippen LogP contribution in [0.1, 0.15) is 55.4 Å². The maximum atomic E-state index is 4.30. The lowest BCUT2D eigenvalue weighted by Crippen LogP contribution is -2.00. The van der Waals surface area contributed by atoms with Crippen molar-refractivity contribution in [2.24, 2.45) is 0 Å². The van der Waals surface area contributed by atoms with Gasteiger partial charge in [-0.1, -0.05) is 69.2 Å². The van der Waals surface area contributed by atoms with Gasteiger partial charge in [0.15, 0.2) is 0 Å². The number of benzene rings is 1. The molecule has 1 aromatic heterocycles. The molecule has 1 unspecified atom stereocenters. The molecule has 1 atom stereocenters. The largest absolute Gasteiger partial charge is 0.144 e. The van der Waals surface area contributed by atoms with Crippen LogP contribution < -0.4 is 0 Å². The van der Waals surface area contributed by atoms with Crippen molar-refractivity contribution in [1.29, 1.82) is 0 Å². The van der Waals surface area contributed by atoms with Gasteiger partial charge in [-0.25, -0.2) is 0 Å². The molecule has 0 bridgehead atoms. The summed E-state index contributed by atoms with van der Waals surface area (Å²) in [5.74, 6) is 0.609. The maximum Gasteiger partial charge on any atom is 0.0296 e. The Morgan fingerprint density at radius 2 is 1.90 bits per heavy atom. The van der Waals surface area contributed by atoms with Gasteiger partial charge >= 0.3 is 0 Å². The normalized spacial score (nSPS) is 12.2. The van der Waals surface area contributed by atoms with Gasteiger partial charge in [0.05, 0.1) is 0 Å². The van der Waals surface area contributed by atoms with Crippen LogP contribution in [-0.2, 0) is 0 Å². The summed E-state index contributed by atoms with van der Waals surface area (Å²) in [4.78, 5) is 1.33. The van der Waals surface area contributed by atoms with Crippen molar-refractivity contribution in [3.63, 3.8) is 0 Å². The Hall–Kier alpha value is -1.34. The van der Waals surface area contributed by atoms with E-state index in [0.29, 0.717) is 5.92 Å². The Morgan fingerprint density at radius 3 is 2.55 bits per heavy atom. The van der Waals surface area contributed by atoms with E-state index >= 15 is 0 Å².